The van der Waals surface area contributed by atoms with Crippen LogP contribution in [0.15, 0.2) is 72.8 Å². The van der Waals surface area contributed by atoms with Crippen molar-refractivity contribution in [3.63, 3.8) is 0 Å². The molecule has 3 aromatic carbocycles. The van der Waals surface area contributed by atoms with Crippen LogP contribution in [0.2, 0.25) is 0 Å². The Morgan fingerprint density at radius 3 is 2.23 bits per heavy atom. The summed E-state index contributed by atoms with van der Waals surface area (Å²) in [5, 5.41) is 8.15. The first kappa shape index (κ1) is 27.4. The standard InChI is InChI=1S/C32H36N4O4/c1-21-24-17-28(39-3)29(40-4)18-25(24)31(30(33-21)23-13-9-6-10-14-23)35-32(37)34-27-20-36(15-16-38-2)19-26(27)22-11-7-5-8-12-22/h5-14,17-18,26-27H,15-16,19-20H2,1-4H3,(H2,34,35,37)/t26-,27+/m0/s1. The van der Waals surface area contributed by atoms with Crippen molar-refractivity contribution < 1.29 is 19.0 Å². The number of carbonyl (C=O) groups is 1. The van der Waals surface area contributed by atoms with Crippen molar-refractivity contribution in [3.8, 4) is 22.8 Å². The van der Waals surface area contributed by atoms with Crippen molar-refractivity contribution >= 4 is 22.5 Å². The van der Waals surface area contributed by atoms with Crippen LogP contribution >= 0.6 is 0 Å². The van der Waals surface area contributed by atoms with Crippen LogP contribution in [-0.2, 0) is 4.74 Å². The molecule has 2 N–H and O–H groups in total. The second-order valence-electron chi connectivity index (χ2n) is 10.0. The smallest absolute Gasteiger partial charge is 0.319 e. The van der Waals surface area contributed by atoms with Crippen molar-refractivity contribution in [2.24, 2.45) is 0 Å². The fourth-order valence-electron chi connectivity index (χ4n) is 5.52. The van der Waals surface area contributed by atoms with E-state index in [2.05, 4.69) is 27.7 Å². The zero-order valence-corrected chi connectivity index (χ0v) is 23.4. The predicted octanol–water partition coefficient (Wildman–Crippen LogP) is 5.46. The molecule has 40 heavy (non-hydrogen) atoms. The molecule has 208 valence electrons. The number of amides is 2. The number of aromatic nitrogens is 1. The van der Waals surface area contributed by atoms with Gasteiger partial charge in [-0.3, -0.25) is 9.88 Å². The molecule has 1 aliphatic rings. The molecule has 2 heterocycles. The van der Waals surface area contributed by atoms with E-state index in [1.54, 1.807) is 21.3 Å². The van der Waals surface area contributed by atoms with E-state index >= 15 is 0 Å². The zero-order chi connectivity index (χ0) is 28.1. The SMILES string of the molecule is COCCN1C[C@@H](NC(=O)Nc2c(-c3ccccc3)nc(C)c3cc(OC)c(OC)cc23)[C@H](c2ccccc2)C1. The molecule has 1 saturated heterocycles. The average molecular weight is 541 g/mol. The van der Waals surface area contributed by atoms with Gasteiger partial charge in [-0.1, -0.05) is 60.7 Å². The highest BCUT2D eigenvalue weighted by Gasteiger charge is 2.35. The number of ether oxygens (including phenoxy) is 3. The number of nitrogens with one attached hydrogen (secondary N) is 2. The molecule has 8 heteroatoms. The third-order valence-corrected chi connectivity index (χ3v) is 7.54. The largest absolute Gasteiger partial charge is 0.493 e. The summed E-state index contributed by atoms with van der Waals surface area (Å²) in [6.45, 7) is 5.00. The number of hydrogen-bond donors (Lipinski definition) is 2. The molecule has 8 nitrogen and oxygen atoms in total. The fraction of sp³-hybridized carbons (Fsp3) is 0.312. The minimum absolute atomic E-state index is 0.0706. The van der Waals surface area contributed by atoms with E-state index in [1.165, 1.54) is 5.56 Å². The first-order valence-electron chi connectivity index (χ1n) is 13.5. The van der Waals surface area contributed by atoms with Gasteiger partial charge in [-0.25, -0.2) is 4.79 Å². The molecule has 1 aromatic heterocycles. The Kier molecular flexibility index (Phi) is 8.48. The summed E-state index contributed by atoms with van der Waals surface area (Å²) < 4.78 is 16.5. The van der Waals surface area contributed by atoms with Crippen LogP contribution in [0.4, 0.5) is 10.5 Å². The molecule has 0 aliphatic carbocycles. The molecule has 1 fully saturated rings. The number of urea groups is 1. The molecule has 2 amide bonds. The van der Waals surface area contributed by atoms with Gasteiger partial charge in [-0.15, -0.1) is 0 Å². The lowest BCUT2D eigenvalue weighted by atomic mass is 9.94. The topological polar surface area (TPSA) is 85.0 Å². The van der Waals surface area contributed by atoms with E-state index in [4.69, 9.17) is 19.2 Å². The molecule has 4 aromatic rings. The van der Waals surface area contributed by atoms with Crippen LogP contribution < -0.4 is 20.1 Å². The molecule has 1 aliphatic heterocycles. The van der Waals surface area contributed by atoms with Gasteiger partial charge in [0.1, 0.15) is 0 Å². The molecule has 0 spiro atoms. The number of hydrogen-bond acceptors (Lipinski definition) is 6. The average Bonchev–Trinajstić information content (AvgIpc) is 3.39. The number of rotatable bonds is 9. The van der Waals surface area contributed by atoms with Crippen molar-refractivity contribution in [3.05, 3.63) is 84.1 Å². The summed E-state index contributed by atoms with van der Waals surface area (Å²) in [7, 11) is 4.93. The maximum atomic E-state index is 13.7. The van der Waals surface area contributed by atoms with Crippen LogP contribution in [0.5, 0.6) is 11.5 Å². The van der Waals surface area contributed by atoms with E-state index in [9.17, 15) is 4.79 Å². The number of likely N-dealkylation sites (tertiary alicyclic amines) is 1. The number of aryl methyl sites for hydroxylation is 1. The number of benzene rings is 3. The maximum Gasteiger partial charge on any atom is 0.319 e. The van der Waals surface area contributed by atoms with E-state index in [1.807, 2.05) is 67.6 Å². The van der Waals surface area contributed by atoms with Crippen LogP contribution in [0.1, 0.15) is 17.2 Å². The quantitative estimate of drug-likeness (QED) is 0.293. The molecular weight excluding hydrogens is 504 g/mol. The van der Waals surface area contributed by atoms with Gasteiger partial charge in [0.25, 0.3) is 0 Å². The summed E-state index contributed by atoms with van der Waals surface area (Å²) in [5.41, 5.74) is 4.26. The summed E-state index contributed by atoms with van der Waals surface area (Å²) >= 11 is 0. The molecule has 0 saturated carbocycles. The Labute approximate surface area is 235 Å². The Bertz CT molecular complexity index is 1460. The monoisotopic (exact) mass is 540 g/mol. The first-order chi connectivity index (χ1) is 19.5. The molecule has 2 atom stereocenters. The highest BCUT2D eigenvalue weighted by molar-refractivity contribution is 6.08. The van der Waals surface area contributed by atoms with Gasteiger partial charge in [-0.2, -0.15) is 0 Å². The second kappa shape index (κ2) is 12.4. The van der Waals surface area contributed by atoms with Crippen LogP contribution in [0.25, 0.3) is 22.0 Å². The first-order valence-corrected chi connectivity index (χ1v) is 13.5. The summed E-state index contributed by atoms with van der Waals surface area (Å²) in [5.74, 6) is 1.35. The van der Waals surface area contributed by atoms with Crippen LogP contribution in [0.3, 0.4) is 0 Å². The molecular formula is C32H36N4O4. The van der Waals surface area contributed by atoms with Gasteiger partial charge >= 0.3 is 6.03 Å². The maximum absolute atomic E-state index is 13.7. The predicted molar refractivity (Wildman–Crippen MR) is 158 cm³/mol. The van der Waals surface area contributed by atoms with Crippen molar-refractivity contribution in [2.75, 3.05) is 52.9 Å². The highest BCUT2D eigenvalue weighted by Crippen LogP contribution is 2.40. The molecule has 0 unspecified atom stereocenters. The summed E-state index contributed by atoms with van der Waals surface area (Å²) in [4.78, 5) is 21.0. The number of anilines is 1. The lowest BCUT2D eigenvalue weighted by molar-refractivity contribution is 0.159. The van der Waals surface area contributed by atoms with Crippen molar-refractivity contribution in [1.29, 1.82) is 0 Å². The van der Waals surface area contributed by atoms with Gasteiger partial charge in [0, 0.05) is 54.7 Å². The van der Waals surface area contributed by atoms with Crippen LogP contribution in [-0.4, -0.2) is 69.5 Å². The van der Waals surface area contributed by atoms with E-state index in [0.29, 0.717) is 29.5 Å². The van der Waals surface area contributed by atoms with Crippen molar-refractivity contribution in [2.45, 2.75) is 18.9 Å². The minimum atomic E-state index is -0.279. The lowest BCUT2D eigenvalue weighted by Crippen LogP contribution is -2.42. The van der Waals surface area contributed by atoms with Gasteiger partial charge in [0.05, 0.1) is 38.2 Å². The van der Waals surface area contributed by atoms with Crippen LogP contribution in [0, 0.1) is 6.92 Å². The van der Waals surface area contributed by atoms with E-state index in [0.717, 1.165) is 41.7 Å². The Hall–Kier alpha value is -4.14. The molecule has 5 rings (SSSR count). The second-order valence-corrected chi connectivity index (χ2v) is 10.0. The molecule has 0 bridgehead atoms. The zero-order valence-electron chi connectivity index (χ0n) is 23.4. The third-order valence-electron chi connectivity index (χ3n) is 7.54. The van der Waals surface area contributed by atoms with E-state index in [-0.39, 0.29) is 18.0 Å². The van der Waals surface area contributed by atoms with Gasteiger partial charge in [-0.05, 0) is 24.6 Å². The Morgan fingerprint density at radius 1 is 0.925 bits per heavy atom. The minimum Gasteiger partial charge on any atom is -0.493 e. The van der Waals surface area contributed by atoms with Gasteiger partial charge in [0.15, 0.2) is 11.5 Å². The Morgan fingerprint density at radius 2 is 1.57 bits per heavy atom. The normalized spacial score (nSPS) is 17.1. The van der Waals surface area contributed by atoms with Crippen molar-refractivity contribution in [1.82, 2.24) is 15.2 Å². The number of pyridine rings is 1. The Balaban J connectivity index is 1.51. The third kappa shape index (κ3) is 5.73. The number of nitrogens with zero attached hydrogens (tertiary/aromatic N) is 2. The molecule has 0 radical (unpaired) electrons. The fourth-order valence-corrected chi connectivity index (χ4v) is 5.52. The lowest BCUT2D eigenvalue weighted by Gasteiger charge is -2.22. The summed E-state index contributed by atoms with van der Waals surface area (Å²) in [6, 6.07) is 23.7. The van der Waals surface area contributed by atoms with E-state index < -0.39 is 0 Å². The number of methoxy groups -OCH3 is 3. The number of carbonyl (C=O) groups excluding carboxylic acids is 1. The van der Waals surface area contributed by atoms with Gasteiger partial charge < -0.3 is 24.8 Å². The number of fused-ring (bicyclic) bond motifs is 1. The summed E-state index contributed by atoms with van der Waals surface area (Å²) in [6.07, 6.45) is 0. The van der Waals surface area contributed by atoms with Gasteiger partial charge in [0.2, 0.25) is 0 Å². The highest BCUT2D eigenvalue weighted by atomic mass is 16.5.